The number of benzene rings is 1. The van der Waals surface area contributed by atoms with E-state index in [1.807, 2.05) is 13.8 Å². The fourth-order valence-corrected chi connectivity index (χ4v) is 3.68. The maximum absolute atomic E-state index is 12.8. The van der Waals surface area contributed by atoms with Crippen LogP contribution in [-0.4, -0.2) is 35.8 Å². The van der Waals surface area contributed by atoms with Gasteiger partial charge in [0, 0.05) is 11.3 Å². The molecule has 8 nitrogen and oxygen atoms in total. The molecule has 3 rings (SSSR count). The molecule has 0 aliphatic carbocycles. The summed E-state index contributed by atoms with van der Waals surface area (Å²) in [4.78, 5) is 23.5. The molecule has 0 bridgehead atoms. The normalized spacial score (nSPS) is 12.1. The lowest BCUT2D eigenvalue weighted by molar-refractivity contribution is 0.206. The van der Waals surface area contributed by atoms with Gasteiger partial charge in [-0.3, -0.25) is 4.90 Å². The van der Waals surface area contributed by atoms with E-state index in [0.29, 0.717) is 10.6 Å². The number of thiazole rings is 1. The molecule has 0 radical (unpaired) electrons. The smallest absolute Gasteiger partial charge is 0.410 e. The van der Waals surface area contributed by atoms with Crippen molar-refractivity contribution in [2.45, 2.75) is 23.5 Å². The number of aromatic nitrogens is 2. The number of nitrogens with two attached hydrogens (primary N) is 1. The summed E-state index contributed by atoms with van der Waals surface area (Å²) in [6.45, 7) is 3.96. The van der Waals surface area contributed by atoms with E-state index in [1.165, 1.54) is 40.5 Å². The predicted molar refractivity (Wildman–Crippen MR) is 112 cm³/mol. The number of amides is 1. The van der Waals surface area contributed by atoms with Crippen LogP contribution in [0.4, 0.5) is 10.6 Å². The predicted octanol–water partition coefficient (Wildman–Crippen LogP) is 3.05. The third-order valence-electron chi connectivity index (χ3n) is 3.58. The molecule has 148 valence electrons. The van der Waals surface area contributed by atoms with Crippen molar-refractivity contribution in [3.8, 4) is 5.75 Å². The second-order valence-corrected chi connectivity index (χ2v) is 10.2. The lowest BCUT2D eigenvalue weighted by atomic mass is 10.2. The number of anilines is 1. The van der Waals surface area contributed by atoms with Gasteiger partial charge in [0.15, 0.2) is 0 Å². The molecule has 2 aromatic heterocycles. The largest absolute Gasteiger partial charge is 0.420 e. The van der Waals surface area contributed by atoms with Crippen LogP contribution in [0, 0.1) is 0 Å². The third kappa shape index (κ3) is 4.98. The molecule has 1 amide bonds. The first-order chi connectivity index (χ1) is 13.0. The summed E-state index contributed by atoms with van der Waals surface area (Å²) in [6.07, 6.45) is -0.665. The molecule has 1 aromatic carbocycles. The van der Waals surface area contributed by atoms with Gasteiger partial charge < -0.3 is 4.74 Å². The first-order valence-corrected chi connectivity index (χ1v) is 11.0. The van der Waals surface area contributed by atoms with E-state index in [1.54, 1.807) is 17.6 Å². The summed E-state index contributed by atoms with van der Waals surface area (Å²) in [5.74, 6) is 0.586. The zero-order valence-corrected chi connectivity index (χ0v) is 17.6. The number of hydrogen-bond acceptors (Lipinski definition) is 8. The lowest BCUT2D eigenvalue weighted by Gasteiger charge is -2.27. The standard InChI is InChI=1S/C17H18N4O4S3/c1-17(2,26)9-21(14-8-7-13-15(20-14)27-10-19-13)16(22)25-11-3-5-12(6-4-11)28(18,23)24/h3-8,10,26H,9H2,1-2H3,(H2,18,23,24). The Labute approximate surface area is 171 Å². The van der Waals surface area contributed by atoms with Gasteiger partial charge in [-0.2, -0.15) is 12.6 Å². The maximum atomic E-state index is 12.8. The summed E-state index contributed by atoms with van der Waals surface area (Å²) in [5.41, 5.74) is 2.42. The van der Waals surface area contributed by atoms with Crippen molar-refractivity contribution in [3.05, 3.63) is 41.9 Å². The van der Waals surface area contributed by atoms with Gasteiger partial charge in [-0.05, 0) is 50.2 Å². The summed E-state index contributed by atoms with van der Waals surface area (Å²) >= 11 is 5.87. The lowest BCUT2D eigenvalue weighted by Crippen LogP contribution is -2.42. The average Bonchev–Trinajstić information content (AvgIpc) is 3.06. The highest BCUT2D eigenvalue weighted by atomic mass is 32.2. The Morgan fingerprint density at radius 3 is 2.54 bits per heavy atom. The SMILES string of the molecule is CC(C)(S)CN(C(=O)Oc1ccc(S(N)(=O)=O)cc1)c1ccc2ncsc2n1. The van der Waals surface area contributed by atoms with Crippen molar-refractivity contribution in [2.75, 3.05) is 11.4 Å². The van der Waals surface area contributed by atoms with Crippen molar-refractivity contribution >= 4 is 56.2 Å². The highest BCUT2D eigenvalue weighted by Crippen LogP contribution is 2.25. The fourth-order valence-electron chi connectivity index (χ4n) is 2.37. The zero-order chi connectivity index (χ0) is 20.5. The summed E-state index contributed by atoms with van der Waals surface area (Å²) in [7, 11) is -3.82. The number of rotatable bonds is 5. The Morgan fingerprint density at radius 1 is 1.25 bits per heavy atom. The number of primary sulfonamides is 1. The quantitative estimate of drug-likeness (QED) is 0.592. The molecule has 11 heteroatoms. The molecule has 0 fully saturated rings. The topological polar surface area (TPSA) is 115 Å². The molecule has 0 unspecified atom stereocenters. The zero-order valence-electron chi connectivity index (χ0n) is 15.1. The Balaban J connectivity index is 1.88. The van der Waals surface area contributed by atoms with E-state index in [-0.39, 0.29) is 17.2 Å². The van der Waals surface area contributed by atoms with E-state index in [9.17, 15) is 13.2 Å². The van der Waals surface area contributed by atoms with Crippen molar-refractivity contribution in [1.29, 1.82) is 0 Å². The Hall–Kier alpha value is -2.21. The van der Waals surface area contributed by atoms with Crippen LogP contribution in [-0.2, 0) is 10.0 Å². The number of ether oxygens (including phenoxy) is 1. The van der Waals surface area contributed by atoms with Crippen molar-refractivity contribution in [1.82, 2.24) is 9.97 Å². The Morgan fingerprint density at radius 2 is 1.93 bits per heavy atom. The van der Waals surface area contributed by atoms with E-state index in [4.69, 9.17) is 9.88 Å². The molecule has 0 saturated heterocycles. The highest BCUT2D eigenvalue weighted by molar-refractivity contribution is 7.89. The minimum absolute atomic E-state index is 0.0713. The molecule has 0 aliphatic rings. The molecule has 2 heterocycles. The van der Waals surface area contributed by atoms with E-state index in [0.717, 1.165) is 5.52 Å². The monoisotopic (exact) mass is 438 g/mol. The van der Waals surface area contributed by atoms with E-state index < -0.39 is 20.9 Å². The minimum Gasteiger partial charge on any atom is -0.410 e. The fraction of sp³-hybridized carbons (Fsp3) is 0.235. The number of pyridine rings is 1. The van der Waals surface area contributed by atoms with E-state index in [2.05, 4.69) is 22.6 Å². The number of nitrogens with zero attached hydrogens (tertiary/aromatic N) is 3. The van der Waals surface area contributed by atoms with Crippen LogP contribution in [0.15, 0.2) is 46.8 Å². The van der Waals surface area contributed by atoms with Gasteiger partial charge in [-0.25, -0.2) is 28.3 Å². The molecule has 0 saturated carbocycles. The molecule has 0 aliphatic heterocycles. The second-order valence-electron chi connectivity index (χ2n) is 6.63. The van der Waals surface area contributed by atoms with Crippen LogP contribution in [0.3, 0.4) is 0 Å². The van der Waals surface area contributed by atoms with Gasteiger partial charge in [0.05, 0.1) is 10.4 Å². The van der Waals surface area contributed by atoms with Crippen molar-refractivity contribution in [2.24, 2.45) is 5.14 Å². The molecule has 2 N–H and O–H groups in total. The highest BCUT2D eigenvalue weighted by Gasteiger charge is 2.26. The van der Waals surface area contributed by atoms with Crippen LogP contribution < -0.4 is 14.8 Å². The Bertz CT molecular complexity index is 1110. The summed E-state index contributed by atoms with van der Waals surface area (Å²) in [5, 5.41) is 5.07. The first-order valence-electron chi connectivity index (χ1n) is 8.08. The van der Waals surface area contributed by atoms with Crippen molar-refractivity contribution in [3.63, 3.8) is 0 Å². The van der Waals surface area contributed by atoms with Crippen LogP contribution in [0.2, 0.25) is 0 Å². The van der Waals surface area contributed by atoms with Crippen LogP contribution in [0.5, 0.6) is 5.75 Å². The molecule has 28 heavy (non-hydrogen) atoms. The number of hydrogen-bond donors (Lipinski definition) is 2. The summed E-state index contributed by atoms with van der Waals surface area (Å²) in [6, 6.07) is 8.73. The van der Waals surface area contributed by atoms with Gasteiger partial charge in [0.1, 0.15) is 21.9 Å². The number of carbonyl (C=O) groups excluding carboxylic acids is 1. The number of thiol groups is 1. The van der Waals surface area contributed by atoms with Crippen molar-refractivity contribution < 1.29 is 17.9 Å². The molecule has 0 spiro atoms. The van der Waals surface area contributed by atoms with Gasteiger partial charge in [0.25, 0.3) is 0 Å². The molecule has 0 atom stereocenters. The van der Waals surface area contributed by atoms with Gasteiger partial charge in [-0.1, -0.05) is 0 Å². The Kier molecular flexibility index (Phi) is 5.62. The van der Waals surface area contributed by atoms with Crippen LogP contribution in [0.1, 0.15) is 13.8 Å². The second kappa shape index (κ2) is 7.66. The number of carbonyl (C=O) groups is 1. The average molecular weight is 439 g/mol. The maximum Gasteiger partial charge on any atom is 0.420 e. The summed E-state index contributed by atoms with van der Waals surface area (Å²) < 4.78 is 27.6. The van der Waals surface area contributed by atoms with Crippen LogP contribution in [0.25, 0.3) is 10.3 Å². The number of sulfonamides is 1. The van der Waals surface area contributed by atoms with E-state index >= 15 is 0 Å². The molecular formula is C17H18N4O4S3. The van der Waals surface area contributed by atoms with Gasteiger partial charge in [0.2, 0.25) is 10.0 Å². The third-order valence-corrected chi connectivity index (χ3v) is 5.39. The number of fused-ring (bicyclic) bond motifs is 1. The molecule has 3 aromatic rings. The van der Waals surface area contributed by atoms with Crippen LogP contribution >= 0.6 is 24.0 Å². The minimum atomic E-state index is -3.82. The first kappa shape index (κ1) is 20.5. The van der Waals surface area contributed by atoms with Gasteiger partial charge in [-0.15, -0.1) is 11.3 Å². The van der Waals surface area contributed by atoms with Gasteiger partial charge >= 0.3 is 6.09 Å². The molecular weight excluding hydrogens is 420 g/mol.